The molecule has 2 aromatic carbocycles. The maximum absolute atomic E-state index is 12.0. The van der Waals surface area contributed by atoms with Gasteiger partial charge in [0.15, 0.2) is 0 Å². The van der Waals surface area contributed by atoms with Gasteiger partial charge in [0.05, 0.1) is 25.6 Å². The van der Waals surface area contributed by atoms with Crippen LogP contribution in [0.2, 0.25) is 0 Å². The molecule has 0 saturated heterocycles. The van der Waals surface area contributed by atoms with Gasteiger partial charge in [0.1, 0.15) is 5.75 Å². The van der Waals surface area contributed by atoms with Gasteiger partial charge in [-0.2, -0.15) is 5.10 Å². The van der Waals surface area contributed by atoms with Crippen molar-refractivity contribution in [3.05, 3.63) is 76.0 Å². The van der Waals surface area contributed by atoms with Gasteiger partial charge in [-0.25, -0.2) is 5.43 Å². The van der Waals surface area contributed by atoms with Crippen molar-refractivity contribution < 1.29 is 14.3 Å². The zero-order chi connectivity index (χ0) is 21.3. The first-order valence-corrected chi connectivity index (χ1v) is 10.1. The highest BCUT2D eigenvalue weighted by Crippen LogP contribution is 2.31. The molecule has 1 heterocycles. The number of amides is 2. The van der Waals surface area contributed by atoms with E-state index >= 15 is 0 Å². The molecule has 0 atom stereocenters. The number of carbonyl (C=O) groups excluding carboxylic acids is 2. The van der Waals surface area contributed by atoms with E-state index in [1.807, 2.05) is 66.9 Å². The van der Waals surface area contributed by atoms with Crippen LogP contribution < -0.4 is 20.8 Å². The van der Waals surface area contributed by atoms with Crippen LogP contribution in [-0.4, -0.2) is 25.1 Å². The predicted octanol–water partition coefficient (Wildman–Crippen LogP) is 3.58. The lowest BCUT2D eigenvalue weighted by Crippen LogP contribution is -2.37. The van der Waals surface area contributed by atoms with E-state index in [-0.39, 0.29) is 0 Å². The summed E-state index contributed by atoms with van der Waals surface area (Å²) in [5.41, 5.74) is 5.64. The van der Waals surface area contributed by atoms with Crippen LogP contribution in [0.3, 0.4) is 0 Å². The Morgan fingerprint density at radius 3 is 2.63 bits per heavy atom. The molecule has 0 radical (unpaired) electrons. The lowest BCUT2D eigenvalue weighted by atomic mass is 10.1. The topological polar surface area (TPSA) is 91.8 Å². The molecule has 154 valence electrons. The summed E-state index contributed by atoms with van der Waals surface area (Å²) >= 11 is 1.50. The highest BCUT2D eigenvalue weighted by molar-refractivity contribution is 7.09. The lowest BCUT2D eigenvalue weighted by Gasteiger charge is -2.15. The number of aryl methyl sites for hydroxylation is 1. The fourth-order valence-electron chi connectivity index (χ4n) is 2.68. The molecule has 3 rings (SSSR count). The van der Waals surface area contributed by atoms with Crippen molar-refractivity contribution in [3.63, 3.8) is 0 Å². The number of thiophene rings is 1. The zero-order valence-corrected chi connectivity index (χ0v) is 17.5. The molecule has 1 aromatic heterocycles. The van der Waals surface area contributed by atoms with E-state index in [2.05, 4.69) is 21.2 Å². The van der Waals surface area contributed by atoms with Crippen LogP contribution in [-0.2, 0) is 16.1 Å². The number of ether oxygens (including phenoxy) is 1. The number of methoxy groups -OCH3 is 1. The number of carbonyl (C=O) groups is 2. The summed E-state index contributed by atoms with van der Waals surface area (Å²) in [5, 5.41) is 11.7. The Bertz CT molecular complexity index is 1050. The van der Waals surface area contributed by atoms with Gasteiger partial charge in [-0.05, 0) is 36.1 Å². The summed E-state index contributed by atoms with van der Waals surface area (Å²) in [6.45, 7) is 2.30. The first-order chi connectivity index (χ1) is 14.6. The van der Waals surface area contributed by atoms with Gasteiger partial charge < -0.3 is 15.4 Å². The quantitative estimate of drug-likeness (QED) is 0.308. The molecule has 8 heteroatoms. The normalized spacial score (nSPS) is 10.6. The van der Waals surface area contributed by atoms with Crippen LogP contribution in [0.1, 0.15) is 16.0 Å². The number of para-hydroxylation sites is 2. The van der Waals surface area contributed by atoms with Gasteiger partial charge in [-0.3, -0.25) is 9.59 Å². The van der Waals surface area contributed by atoms with Crippen molar-refractivity contribution >= 4 is 40.7 Å². The lowest BCUT2D eigenvalue weighted by molar-refractivity contribution is -0.139. The van der Waals surface area contributed by atoms with Gasteiger partial charge in [-0.1, -0.05) is 36.4 Å². The molecule has 0 fully saturated rings. The summed E-state index contributed by atoms with van der Waals surface area (Å²) in [7, 11) is 1.58. The second-order valence-corrected chi connectivity index (χ2v) is 7.36. The average molecular weight is 423 g/mol. The molecule has 0 bridgehead atoms. The Kier molecular flexibility index (Phi) is 7.18. The number of rotatable bonds is 7. The molecular weight excluding hydrogens is 400 g/mol. The molecule has 0 aliphatic heterocycles. The number of nitrogens with one attached hydrogen (secondary N) is 3. The third-order valence-electron chi connectivity index (χ3n) is 4.26. The summed E-state index contributed by atoms with van der Waals surface area (Å²) in [6, 6.07) is 17.1. The average Bonchev–Trinajstić information content (AvgIpc) is 3.28. The standard InChI is InChI=1S/C22H22N4O3S/c1-15-7-3-4-10-18(15)25-20-16(8-5-11-19(20)29-2)13-24-26-22(28)21(27)23-14-17-9-6-12-30-17/h3-13,25H,14H2,1-2H3,(H,23,27)(H,26,28)/b24-13-. The first-order valence-electron chi connectivity index (χ1n) is 9.21. The van der Waals surface area contributed by atoms with E-state index in [1.165, 1.54) is 17.6 Å². The predicted molar refractivity (Wildman–Crippen MR) is 119 cm³/mol. The van der Waals surface area contributed by atoms with E-state index < -0.39 is 11.8 Å². The van der Waals surface area contributed by atoms with E-state index in [9.17, 15) is 9.59 Å². The maximum Gasteiger partial charge on any atom is 0.329 e. The van der Waals surface area contributed by atoms with Gasteiger partial charge in [0.2, 0.25) is 0 Å². The summed E-state index contributed by atoms with van der Waals surface area (Å²) in [6.07, 6.45) is 1.47. The fraction of sp³-hybridized carbons (Fsp3) is 0.136. The van der Waals surface area contributed by atoms with Crippen LogP contribution >= 0.6 is 11.3 Å². The SMILES string of the molecule is COc1cccc(/C=N\NC(=O)C(=O)NCc2cccs2)c1Nc1ccccc1C. The Hall–Kier alpha value is -3.65. The van der Waals surface area contributed by atoms with Gasteiger partial charge in [-0.15, -0.1) is 11.3 Å². The molecule has 3 N–H and O–H groups in total. The van der Waals surface area contributed by atoms with Crippen LogP contribution in [0, 0.1) is 6.92 Å². The van der Waals surface area contributed by atoms with Crippen molar-refractivity contribution in [3.8, 4) is 5.75 Å². The third kappa shape index (κ3) is 5.45. The summed E-state index contributed by atoms with van der Waals surface area (Å²) in [5.74, 6) is -0.953. The number of hydrogen-bond donors (Lipinski definition) is 3. The molecule has 0 aliphatic carbocycles. The zero-order valence-electron chi connectivity index (χ0n) is 16.6. The molecule has 0 unspecified atom stereocenters. The minimum absolute atomic E-state index is 0.300. The van der Waals surface area contributed by atoms with E-state index in [0.29, 0.717) is 23.5 Å². The Balaban J connectivity index is 1.68. The van der Waals surface area contributed by atoms with Gasteiger partial charge >= 0.3 is 11.8 Å². The highest BCUT2D eigenvalue weighted by atomic mass is 32.1. The molecule has 30 heavy (non-hydrogen) atoms. The number of hydrazone groups is 1. The van der Waals surface area contributed by atoms with Crippen molar-refractivity contribution in [2.75, 3.05) is 12.4 Å². The van der Waals surface area contributed by atoms with Crippen molar-refractivity contribution in [2.45, 2.75) is 13.5 Å². The minimum Gasteiger partial charge on any atom is -0.495 e. The molecule has 0 aliphatic rings. The molecule has 0 saturated carbocycles. The van der Waals surface area contributed by atoms with Gasteiger partial charge in [0, 0.05) is 16.1 Å². The molecule has 0 spiro atoms. The molecule has 7 nitrogen and oxygen atoms in total. The summed E-state index contributed by atoms with van der Waals surface area (Å²) < 4.78 is 5.46. The number of hydrogen-bond acceptors (Lipinski definition) is 6. The van der Waals surface area contributed by atoms with E-state index in [4.69, 9.17) is 4.74 Å². The second-order valence-electron chi connectivity index (χ2n) is 6.33. The number of anilines is 2. The van der Waals surface area contributed by atoms with Crippen molar-refractivity contribution in [2.24, 2.45) is 5.10 Å². The highest BCUT2D eigenvalue weighted by Gasteiger charge is 2.13. The Labute approximate surface area is 178 Å². The third-order valence-corrected chi connectivity index (χ3v) is 5.14. The van der Waals surface area contributed by atoms with Crippen LogP contribution in [0.4, 0.5) is 11.4 Å². The van der Waals surface area contributed by atoms with Crippen LogP contribution in [0.25, 0.3) is 0 Å². The second kappa shape index (κ2) is 10.2. The molecular formula is C22H22N4O3S. The van der Waals surface area contributed by atoms with Gasteiger partial charge in [0.25, 0.3) is 0 Å². The van der Waals surface area contributed by atoms with E-state index in [1.54, 1.807) is 7.11 Å². The van der Waals surface area contributed by atoms with Crippen LogP contribution in [0.5, 0.6) is 5.75 Å². The monoisotopic (exact) mass is 422 g/mol. The van der Waals surface area contributed by atoms with E-state index in [0.717, 1.165) is 16.1 Å². The Morgan fingerprint density at radius 1 is 1.07 bits per heavy atom. The minimum atomic E-state index is -0.834. The Morgan fingerprint density at radius 2 is 1.90 bits per heavy atom. The smallest absolute Gasteiger partial charge is 0.329 e. The largest absolute Gasteiger partial charge is 0.495 e. The number of nitrogens with zero attached hydrogens (tertiary/aromatic N) is 1. The fourth-order valence-corrected chi connectivity index (χ4v) is 3.32. The molecule has 2 amide bonds. The van der Waals surface area contributed by atoms with Crippen LogP contribution in [0.15, 0.2) is 65.1 Å². The number of benzene rings is 2. The summed E-state index contributed by atoms with van der Waals surface area (Å²) in [4.78, 5) is 24.8. The van der Waals surface area contributed by atoms with Crippen molar-refractivity contribution in [1.29, 1.82) is 0 Å². The molecule has 3 aromatic rings. The first kappa shape index (κ1) is 21.1. The van der Waals surface area contributed by atoms with Crippen molar-refractivity contribution in [1.82, 2.24) is 10.7 Å². The maximum atomic E-state index is 12.0.